The van der Waals surface area contributed by atoms with Crippen LogP contribution in [0, 0.1) is 10.5 Å². The summed E-state index contributed by atoms with van der Waals surface area (Å²) < 4.78 is 22.1. The predicted molar refractivity (Wildman–Crippen MR) is 120 cm³/mol. The van der Waals surface area contributed by atoms with Gasteiger partial charge in [-0.05, 0) is 84.0 Å². The lowest BCUT2D eigenvalue weighted by Gasteiger charge is -2.10. The van der Waals surface area contributed by atoms with Gasteiger partial charge in [0.1, 0.15) is 0 Å². The molecule has 0 atom stereocenters. The zero-order valence-corrected chi connectivity index (χ0v) is 18.9. The van der Waals surface area contributed by atoms with Crippen LogP contribution in [0.25, 0.3) is 6.08 Å². The Morgan fingerprint density at radius 1 is 1.20 bits per heavy atom. The summed E-state index contributed by atoms with van der Waals surface area (Å²) in [6, 6.07) is 10.8. The van der Waals surface area contributed by atoms with E-state index in [1.807, 2.05) is 25.1 Å². The second-order valence-electron chi connectivity index (χ2n) is 6.30. The van der Waals surface area contributed by atoms with Gasteiger partial charge in [0.2, 0.25) is 5.90 Å². The third-order valence-corrected chi connectivity index (χ3v) is 5.38. The number of carbonyl (C=O) groups excluding carboxylic acids is 2. The van der Waals surface area contributed by atoms with Gasteiger partial charge in [-0.15, -0.1) is 0 Å². The lowest BCUT2D eigenvalue weighted by molar-refractivity contribution is -0.145. The standard InChI is InChI=1S/C22H20INO6/c1-4-28-20(25)12-29-18-8-5-14(11-19(18)27-3)10-17-22(26)30-21(24-17)15-6-7-16(23)13(2)9-15/h5-11H,4,12H2,1-3H3/b17-10-. The highest BCUT2D eigenvalue weighted by Crippen LogP contribution is 2.30. The van der Waals surface area contributed by atoms with Gasteiger partial charge in [0.15, 0.2) is 23.8 Å². The number of aryl methyl sites for hydroxylation is 1. The summed E-state index contributed by atoms with van der Waals surface area (Å²) >= 11 is 2.24. The fraction of sp³-hybridized carbons (Fsp3) is 0.227. The van der Waals surface area contributed by atoms with Crippen molar-refractivity contribution in [2.75, 3.05) is 20.3 Å². The SMILES string of the molecule is CCOC(=O)COc1ccc(/C=C2\N=C(c3ccc(I)c(C)c3)OC2=O)cc1OC. The number of nitrogens with zero attached hydrogens (tertiary/aromatic N) is 1. The third-order valence-electron chi connectivity index (χ3n) is 4.17. The molecule has 0 aromatic heterocycles. The monoisotopic (exact) mass is 521 g/mol. The molecule has 30 heavy (non-hydrogen) atoms. The molecule has 0 N–H and O–H groups in total. The molecule has 0 spiro atoms. The van der Waals surface area contributed by atoms with Gasteiger partial charge in [-0.1, -0.05) is 6.07 Å². The van der Waals surface area contributed by atoms with Crippen molar-refractivity contribution < 1.29 is 28.5 Å². The summed E-state index contributed by atoms with van der Waals surface area (Å²) in [5.74, 6) is 0.0831. The minimum Gasteiger partial charge on any atom is -0.493 e. The fourth-order valence-electron chi connectivity index (χ4n) is 2.70. The molecule has 0 aliphatic carbocycles. The molecular formula is C22H20INO6. The average molecular weight is 521 g/mol. The first-order valence-corrected chi connectivity index (χ1v) is 10.2. The first-order valence-electron chi connectivity index (χ1n) is 9.16. The number of benzene rings is 2. The van der Waals surface area contributed by atoms with Crippen molar-refractivity contribution in [2.24, 2.45) is 4.99 Å². The van der Waals surface area contributed by atoms with Crippen LogP contribution >= 0.6 is 22.6 Å². The van der Waals surface area contributed by atoms with E-state index in [0.29, 0.717) is 17.1 Å². The van der Waals surface area contributed by atoms with Gasteiger partial charge in [0.05, 0.1) is 13.7 Å². The summed E-state index contributed by atoms with van der Waals surface area (Å²) in [7, 11) is 1.49. The number of cyclic esters (lactones) is 1. The van der Waals surface area contributed by atoms with Crippen molar-refractivity contribution in [3.05, 3.63) is 62.4 Å². The molecule has 0 unspecified atom stereocenters. The minimum absolute atomic E-state index is 0.184. The maximum absolute atomic E-state index is 12.3. The van der Waals surface area contributed by atoms with E-state index in [1.165, 1.54) is 7.11 Å². The number of halogens is 1. The van der Waals surface area contributed by atoms with Crippen LogP contribution in [0.2, 0.25) is 0 Å². The van der Waals surface area contributed by atoms with Crippen LogP contribution in [-0.4, -0.2) is 38.2 Å². The van der Waals surface area contributed by atoms with Gasteiger partial charge >= 0.3 is 11.9 Å². The van der Waals surface area contributed by atoms with Crippen molar-refractivity contribution in [1.29, 1.82) is 0 Å². The van der Waals surface area contributed by atoms with Crippen molar-refractivity contribution >= 4 is 46.5 Å². The van der Waals surface area contributed by atoms with E-state index in [4.69, 9.17) is 18.9 Å². The molecule has 2 aromatic carbocycles. The Bertz CT molecular complexity index is 1040. The van der Waals surface area contributed by atoms with Crippen LogP contribution in [0.4, 0.5) is 0 Å². The normalized spacial score (nSPS) is 14.3. The van der Waals surface area contributed by atoms with Crippen LogP contribution in [0.1, 0.15) is 23.6 Å². The van der Waals surface area contributed by atoms with Crippen LogP contribution < -0.4 is 9.47 Å². The molecule has 2 aromatic rings. The van der Waals surface area contributed by atoms with Crippen molar-refractivity contribution in [1.82, 2.24) is 0 Å². The van der Waals surface area contributed by atoms with Crippen molar-refractivity contribution in [2.45, 2.75) is 13.8 Å². The summed E-state index contributed by atoms with van der Waals surface area (Å²) in [5.41, 5.74) is 2.67. The molecule has 0 bridgehead atoms. The molecule has 1 heterocycles. The van der Waals surface area contributed by atoms with E-state index in [-0.39, 0.29) is 24.8 Å². The highest BCUT2D eigenvalue weighted by atomic mass is 127. The quantitative estimate of drug-likeness (QED) is 0.313. The molecule has 1 aliphatic heterocycles. The van der Waals surface area contributed by atoms with E-state index in [1.54, 1.807) is 31.2 Å². The first kappa shape index (κ1) is 21.8. The summed E-state index contributed by atoms with van der Waals surface area (Å²) in [6.07, 6.45) is 1.60. The maximum atomic E-state index is 12.3. The van der Waals surface area contributed by atoms with Crippen molar-refractivity contribution in [3.63, 3.8) is 0 Å². The lowest BCUT2D eigenvalue weighted by Crippen LogP contribution is -2.14. The number of rotatable bonds is 7. The Hall–Kier alpha value is -2.88. The molecule has 0 radical (unpaired) electrons. The zero-order valence-electron chi connectivity index (χ0n) is 16.7. The highest BCUT2D eigenvalue weighted by molar-refractivity contribution is 14.1. The smallest absolute Gasteiger partial charge is 0.363 e. The molecular weight excluding hydrogens is 501 g/mol. The Labute approximate surface area is 187 Å². The minimum atomic E-state index is -0.525. The number of ether oxygens (including phenoxy) is 4. The molecule has 0 saturated carbocycles. The third kappa shape index (κ3) is 5.18. The lowest BCUT2D eigenvalue weighted by atomic mass is 10.1. The van der Waals surface area contributed by atoms with Gasteiger partial charge in [-0.25, -0.2) is 14.6 Å². The predicted octanol–water partition coefficient (Wildman–Crippen LogP) is 3.89. The number of hydrogen-bond donors (Lipinski definition) is 0. The second-order valence-corrected chi connectivity index (χ2v) is 7.47. The van der Waals surface area contributed by atoms with E-state index in [9.17, 15) is 9.59 Å². The van der Waals surface area contributed by atoms with Gasteiger partial charge in [-0.2, -0.15) is 0 Å². The summed E-state index contributed by atoms with van der Waals surface area (Å²) in [4.78, 5) is 28.1. The summed E-state index contributed by atoms with van der Waals surface area (Å²) in [5, 5.41) is 0. The van der Waals surface area contributed by atoms with E-state index in [2.05, 4.69) is 27.6 Å². The Kier molecular flexibility index (Phi) is 7.09. The van der Waals surface area contributed by atoms with Gasteiger partial charge in [0.25, 0.3) is 0 Å². The zero-order chi connectivity index (χ0) is 21.7. The van der Waals surface area contributed by atoms with Gasteiger partial charge in [0, 0.05) is 9.13 Å². The molecule has 0 fully saturated rings. The number of esters is 2. The average Bonchev–Trinajstić information content (AvgIpc) is 3.09. The van der Waals surface area contributed by atoms with E-state index < -0.39 is 11.9 Å². The number of hydrogen-bond acceptors (Lipinski definition) is 7. The molecule has 156 valence electrons. The molecule has 7 nitrogen and oxygen atoms in total. The Morgan fingerprint density at radius 2 is 2.00 bits per heavy atom. The van der Waals surface area contributed by atoms with Crippen LogP contribution in [0.3, 0.4) is 0 Å². The molecule has 0 amide bonds. The first-order chi connectivity index (χ1) is 14.4. The van der Waals surface area contributed by atoms with E-state index in [0.717, 1.165) is 14.7 Å². The van der Waals surface area contributed by atoms with Crippen LogP contribution in [-0.2, 0) is 19.1 Å². The Morgan fingerprint density at radius 3 is 2.70 bits per heavy atom. The number of aliphatic imine (C=N–C) groups is 1. The highest BCUT2D eigenvalue weighted by Gasteiger charge is 2.24. The molecule has 0 saturated heterocycles. The fourth-order valence-corrected chi connectivity index (χ4v) is 3.04. The number of carbonyl (C=O) groups is 2. The molecule has 3 rings (SSSR count). The van der Waals surface area contributed by atoms with E-state index >= 15 is 0 Å². The largest absolute Gasteiger partial charge is 0.493 e. The number of methoxy groups -OCH3 is 1. The van der Waals surface area contributed by atoms with Crippen LogP contribution in [0.5, 0.6) is 11.5 Å². The van der Waals surface area contributed by atoms with Gasteiger partial charge < -0.3 is 18.9 Å². The molecule has 1 aliphatic rings. The van der Waals surface area contributed by atoms with Crippen LogP contribution in [0.15, 0.2) is 47.1 Å². The summed E-state index contributed by atoms with van der Waals surface area (Å²) in [6.45, 7) is 3.77. The maximum Gasteiger partial charge on any atom is 0.363 e. The van der Waals surface area contributed by atoms with Crippen molar-refractivity contribution in [3.8, 4) is 11.5 Å². The second kappa shape index (κ2) is 9.75. The van der Waals surface area contributed by atoms with Gasteiger partial charge in [-0.3, -0.25) is 0 Å². The topological polar surface area (TPSA) is 83.4 Å². The Balaban J connectivity index is 1.81. The molecule has 8 heteroatoms.